The first-order chi connectivity index (χ1) is 47.9. The Labute approximate surface area is 562 Å². The highest BCUT2D eigenvalue weighted by molar-refractivity contribution is 6.19. The van der Waals surface area contributed by atoms with Crippen LogP contribution >= 0.6 is 0 Å². The lowest BCUT2D eigenvalue weighted by Crippen LogP contribution is -2.14. The van der Waals surface area contributed by atoms with Crippen molar-refractivity contribution in [1.82, 2.24) is 18.3 Å². The summed E-state index contributed by atoms with van der Waals surface area (Å²) in [6.45, 7) is 4.69. The summed E-state index contributed by atoms with van der Waals surface area (Å²) >= 11 is 0. The second-order valence-corrected chi connectivity index (χ2v) is 26.3. The Kier molecular flexibility index (Phi) is 12.9. The van der Waals surface area contributed by atoms with E-state index in [1.165, 1.54) is 171 Å². The average Bonchev–Trinajstić information content (AvgIpc) is 1.59. The van der Waals surface area contributed by atoms with Crippen molar-refractivity contribution < 1.29 is 0 Å². The molecule has 0 N–H and O–H groups in total. The van der Waals surface area contributed by atoms with Crippen LogP contribution in [0.15, 0.2) is 352 Å². The quantitative estimate of drug-likeness (QED) is 0.144. The molecule has 0 amide bonds. The molecule has 0 atom stereocenters. The molecular formula is C93H64N4. The molecule has 1 aliphatic carbocycles. The molecule has 4 aromatic heterocycles. The highest BCUT2D eigenvalue weighted by atomic mass is 15.0. The Morgan fingerprint density at radius 2 is 0.526 bits per heavy atom. The zero-order valence-electron chi connectivity index (χ0n) is 53.8. The third-order valence-electron chi connectivity index (χ3n) is 20.6. The van der Waals surface area contributed by atoms with E-state index < -0.39 is 0 Å². The second kappa shape index (κ2) is 22.3. The minimum absolute atomic E-state index is 0.0146. The van der Waals surface area contributed by atoms with Crippen LogP contribution < -0.4 is 0 Å². The predicted octanol–water partition coefficient (Wildman–Crippen LogP) is 24.7. The highest BCUT2D eigenvalue weighted by Gasteiger charge is 2.35. The van der Waals surface area contributed by atoms with Gasteiger partial charge >= 0.3 is 0 Å². The molecule has 0 unspecified atom stereocenters. The van der Waals surface area contributed by atoms with Gasteiger partial charge in [-0.3, -0.25) is 0 Å². The predicted molar refractivity (Wildman–Crippen MR) is 410 cm³/mol. The highest BCUT2D eigenvalue weighted by Crippen LogP contribution is 2.50. The van der Waals surface area contributed by atoms with Gasteiger partial charge in [0.1, 0.15) is 0 Å². The molecule has 0 fully saturated rings. The molecule has 0 radical (unpaired) electrons. The van der Waals surface area contributed by atoms with Crippen LogP contribution in [0.5, 0.6) is 0 Å². The second-order valence-electron chi connectivity index (χ2n) is 26.3. The lowest BCUT2D eigenvalue weighted by molar-refractivity contribution is 0.660. The van der Waals surface area contributed by atoms with Crippen LogP contribution in [0.4, 0.5) is 0 Å². The first-order valence-electron chi connectivity index (χ1n) is 33.6. The normalized spacial score (nSPS) is 12.5. The minimum Gasteiger partial charge on any atom is -0.309 e. The SMILES string of the molecule is CC1(C)c2ccccc2-c2cc(-n3c4ccccc4c4c(-c5ccc6c7ccccc7n(-c7ccccc7)c6c5)cccc43)ccc21.c1ccc(-c2ccc(-c3cccc(-n4c5ccccc5c5c(-c6ccc7c8ccccc8n(-c8ccccc8)c7c6)cccc54)c3)cc2)cc1. The smallest absolute Gasteiger partial charge is 0.0547 e. The van der Waals surface area contributed by atoms with Crippen molar-refractivity contribution >= 4 is 87.2 Å². The topological polar surface area (TPSA) is 19.7 Å². The first kappa shape index (κ1) is 56.1. The third-order valence-corrected chi connectivity index (χ3v) is 20.6. The van der Waals surface area contributed by atoms with Crippen molar-refractivity contribution in [1.29, 1.82) is 0 Å². The Hall–Kier alpha value is -12.5. The van der Waals surface area contributed by atoms with E-state index in [9.17, 15) is 0 Å². The molecule has 15 aromatic carbocycles. The molecule has 20 rings (SSSR count). The summed E-state index contributed by atoms with van der Waals surface area (Å²) in [5.41, 5.74) is 29.6. The molecule has 4 heterocycles. The molecule has 0 saturated carbocycles. The Bertz CT molecular complexity index is 6320. The van der Waals surface area contributed by atoms with E-state index >= 15 is 0 Å². The van der Waals surface area contributed by atoms with Crippen LogP contribution in [0.3, 0.4) is 0 Å². The maximum absolute atomic E-state index is 2.46. The van der Waals surface area contributed by atoms with Gasteiger partial charge in [0.25, 0.3) is 0 Å². The maximum atomic E-state index is 2.46. The third kappa shape index (κ3) is 8.91. The maximum Gasteiger partial charge on any atom is 0.0547 e. The van der Waals surface area contributed by atoms with Gasteiger partial charge in [-0.05, 0) is 164 Å². The van der Waals surface area contributed by atoms with E-state index in [-0.39, 0.29) is 5.41 Å². The number of hydrogen-bond acceptors (Lipinski definition) is 0. The summed E-state index contributed by atoms with van der Waals surface area (Å²) in [5.74, 6) is 0. The standard InChI is InChI=1S/C48H32N2.C45H32N2/c1-3-13-33(14-4-1)34-25-27-35(28-26-34)36-15-11-18-39(31-36)50-45-23-10-8-20-43(45)48-40(21-12-24-46(48)50)37-29-30-42-41-19-7-9-22-44(41)49(47(42)32-37)38-16-5-2-6-17-38;1-45(2)38-19-9-6-15-33(38)37-28-31(24-26-39(37)45)47-41-21-11-8-17-36(41)44-32(18-12-22-42(44)47)29-23-25-35-34-16-7-10-20-40(34)46(43(35)27-29)30-13-4-3-5-14-30/h1-32H;3-28H,1-2H3. The van der Waals surface area contributed by atoms with Crippen LogP contribution in [0, 0.1) is 0 Å². The molecule has 1 aliphatic rings. The number of benzene rings is 15. The van der Waals surface area contributed by atoms with Crippen molar-refractivity contribution in [3.63, 3.8) is 0 Å². The first-order valence-corrected chi connectivity index (χ1v) is 33.6. The Morgan fingerprint density at radius 3 is 1.06 bits per heavy atom. The molecule has 19 aromatic rings. The van der Waals surface area contributed by atoms with Crippen LogP contribution in [-0.4, -0.2) is 18.3 Å². The van der Waals surface area contributed by atoms with Gasteiger partial charge in [-0.2, -0.15) is 0 Å². The number of hydrogen-bond donors (Lipinski definition) is 0. The summed E-state index contributed by atoms with van der Waals surface area (Å²) in [4.78, 5) is 0. The molecule has 0 saturated heterocycles. The molecule has 456 valence electrons. The largest absolute Gasteiger partial charge is 0.309 e. The number of fused-ring (bicyclic) bond motifs is 15. The fourth-order valence-corrected chi connectivity index (χ4v) is 16.2. The lowest BCUT2D eigenvalue weighted by Gasteiger charge is -2.21. The Morgan fingerprint density at radius 1 is 0.186 bits per heavy atom. The van der Waals surface area contributed by atoms with Gasteiger partial charge in [-0.25, -0.2) is 0 Å². The molecular weight excluding hydrogens is 1170 g/mol. The van der Waals surface area contributed by atoms with E-state index in [1.807, 2.05) is 0 Å². The molecule has 0 bridgehead atoms. The van der Waals surface area contributed by atoms with Crippen molar-refractivity contribution in [3.05, 3.63) is 363 Å². The molecule has 0 aliphatic heterocycles. The van der Waals surface area contributed by atoms with E-state index in [2.05, 4.69) is 384 Å². The summed E-state index contributed by atoms with van der Waals surface area (Å²) in [6, 6.07) is 128. The zero-order valence-corrected chi connectivity index (χ0v) is 53.8. The van der Waals surface area contributed by atoms with Gasteiger partial charge in [0.2, 0.25) is 0 Å². The van der Waals surface area contributed by atoms with Gasteiger partial charge in [0, 0.05) is 71.3 Å². The Balaban J connectivity index is 0.000000137. The fourth-order valence-electron chi connectivity index (χ4n) is 16.2. The molecule has 97 heavy (non-hydrogen) atoms. The van der Waals surface area contributed by atoms with Crippen LogP contribution in [0.2, 0.25) is 0 Å². The molecule has 0 spiro atoms. The lowest BCUT2D eigenvalue weighted by atomic mass is 9.82. The number of para-hydroxylation sites is 6. The van der Waals surface area contributed by atoms with Gasteiger partial charge in [0.05, 0.1) is 44.1 Å². The van der Waals surface area contributed by atoms with Crippen LogP contribution in [-0.2, 0) is 5.41 Å². The number of rotatable bonds is 8. The van der Waals surface area contributed by atoms with Crippen LogP contribution in [0.25, 0.3) is 166 Å². The summed E-state index contributed by atoms with van der Waals surface area (Å²) in [5, 5.41) is 10.1. The minimum atomic E-state index is -0.0146. The van der Waals surface area contributed by atoms with Gasteiger partial charge in [-0.1, -0.05) is 269 Å². The number of nitrogens with zero attached hydrogens (tertiary/aromatic N) is 4. The van der Waals surface area contributed by atoms with Crippen molar-refractivity contribution in [2.24, 2.45) is 0 Å². The summed E-state index contributed by atoms with van der Waals surface area (Å²) in [7, 11) is 0. The van der Waals surface area contributed by atoms with Crippen molar-refractivity contribution in [3.8, 4) is 78.4 Å². The summed E-state index contributed by atoms with van der Waals surface area (Å²) < 4.78 is 9.69. The van der Waals surface area contributed by atoms with Crippen LogP contribution in [0.1, 0.15) is 25.0 Å². The fraction of sp³-hybridized carbons (Fsp3) is 0.0323. The van der Waals surface area contributed by atoms with Gasteiger partial charge in [-0.15, -0.1) is 0 Å². The zero-order chi connectivity index (χ0) is 64.3. The van der Waals surface area contributed by atoms with E-state index in [4.69, 9.17) is 0 Å². The summed E-state index contributed by atoms with van der Waals surface area (Å²) in [6.07, 6.45) is 0. The average molecular weight is 1240 g/mol. The van der Waals surface area contributed by atoms with Gasteiger partial charge in [0.15, 0.2) is 0 Å². The number of aromatic nitrogens is 4. The molecule has 4 heteroatoms. The molecule has 4 nitrogen and oxygen atoms in total. The van der Waals surface area contributed by atoms with Crippen molar-refractivity contribution in [2.75, 3.05) is 0 Å². The van der Waals surface area contributed by atoms with E-state index in [1.54, 1.807) is 0 Å². The monoisotopic (exact) mass is 1240 g/mol. The van der Waals surface area contributed by atoms with Crippen molar-refractivity contribution in [2.45, 2.75) is 19.3 Å². The van der Waals surface area contributed by atoms with E-state index in [0.29, 0.717) is 0 Å². The van der Waals surface area contributed by atoms with E-state index in [0.717, 1.165) is 5.69 Å². The van der Waals surface area contributed by atoms with Gasteiger partial charge < -0.3 is 18.3 Å².